The van der Waals surface area contributed by atoms with E-state index >= 15 is 0 Å². The van der Waals surface area contributed by atoms with Crippen LogP contribution in [-0.4, -0.2) is 35.1 Å². The van der Waals surface area contributed by atoms with Crippen LogP contribution in [-0.2, 0) is 6.42 Å². The van der Waals surface area contributed by atoms with Gasteiger partial charge in [-0.2, -0.15) is 0 Å². The molecular weight excluding hydrogens is 258 g/mol. The molecule has 1 aromatic heterocycles. The molecule has 0 unspecified atom stereocenters. The van der Waals surface area contributed by atoms with Crippen molar-refractivity contribution in [2.24, 2.45) is 0 Å². The highest BCUT2D eigenvalue weighted by Gasteiger charge is 2.20. The Morgan fingerprint density at radius 2 is 2.16 bits per heavy atom. The Morgan fingerprint density at radius 1 is 1.47 bits per heavy atom. The minimum atomic E-state index is 0.0962. The zero-order chi connectivity index (χ0) is 14.4. The Morgan fingerprint density at radius 3 is 2.68 bits per heavy atom. The lowest BCUT2D eigenvalue weighted by atomic mass is 10.1. The van der Waals surface area contributed by atoms with E-state index < -0.39 is 0 Å². The molecule has 0 bridgehead atoms. The van der Waals surface area contributed by atoms with Gasteiger partial charge < -0.3 is 10.0 Å². The molecule has 108 valence electrons. The van der Waals surface area contributed by atoms with Crippen molar-refractivity contribution in [2.45, 2.75) is 53.0 Å². The molecule has 1 N–H and O–H groups in total. The smallest absolute Gasteiger partial charge is 0.264 e. The van der Waals surface area contributed by atoms with Crippen molar-refractivity contribution in [1.29, 1.82) is 0 Å². The maximum absolute atomic E-state index is 12.5. The summed E-state index contributed by atoms with van der Waals surface area (Å²) < 4.78 is 0. The molecule has 0 aliphatic carbocycles. The number of thiophene rings is 1. The van der Waals surface area contributed by atoms with E-state index in [2.05, 4.69) is 13.8 Å². The summed E-state index contributed by atoms with van der Waals surface area (Å²) >= 11 is 1.59. The van der Waals surface area contributed by atoms with Gasteiger partial charge in [-0.05, 0) is 45.2 Å². The zero-order valence-corrected chi connectivity index (χ0v) is 13.2. The summed E-state index contributed by atoms with van der Waals surface area (Å²) in [5.41, 5.74) is 1.29. The van der Waals surface area contributed by atoms with E-state index in [1.54, 1.807) is 11.3 Å². The highest BCUT2D eigenvalue weighted by molar-refractivity contribution is 7.14. The van der Waals surface area contributed by atoms with Crippen LogP contribution in [0.3, 0.4) is 0 Å². The molecule has 0 saturated carbocycles. The maximum Gasteiger partial charge on any atom is 0.264 e. The van der Waals surface area contributed by atoms with E-state index in [1.165, 1.54) is 10.4 Å². The Hall–Kier alpha value is -0.870. The molecule has 19 heavy (non-hydrogen) atoms. The molecule has 1 rings (SSSR count). The van der Waals surface area contributed by atoms with Crippen LogP contribution < -0.4 is 0 Å². The van der Waals surface area contributed by atoms with Gasteiger partial charge in [-0.25, -0.2) is 0 Å². The molecule has 0 atom stereocenters. The van der Waals surface area contributed by atoms with Crippen molar-refractivity contribution in [3.63, 3.8) is 0 Å². The van der Waals surface area contributed by atoms with E-state index in [9.17, 15) is 4.79 Å². The molecule has 0 fully saturated rings. The van der Waals surface area contributed by atoms with Crippen molar-refractivity contribution in [3.05, 3.63) is 21.4 Å². The van der Waals surface area contributed by atoms with Crippen LogP contribution in [0, 0.1) is 6.92 Å². The van der Waals surface area contributed by atoms with E-state index in [-0.39, 0.29) is 18.6 Å². The predicted molar refractivity (Wildman–Crippen MR) is 80.9 cm³/mol. The number of aliphatic hydroxyl groups is 1. The maximum atomic E-state index is 12.5. The second kappa shape index (κ2) is 7.65. The Balaban J connectivity index is 2.86. The normalized spacial score (nSPS) is 11.1. The predicted octanol–water partition coefficient (Wildman–Crippen LogP) is 3.24. The van der Waals surface area contributed by atoms with Crippen molar-refractivity contribution >= 4 is 17.2 Å². The average Bonchev–Trinajstić information content (AvgIpc) is 2.71. The molecule has 0 aliphatic rings. The Labute approximate surface area is 120 Å². The fourth-order valence-electron chi connectivity index (χ4n) is 2.12. The van der Waals surface area contributed by atoms with Gasteiger partial charge in [0.25, 0.3) is 5.91 Å². The summed E-state index contributed by atoms with van der Waals surface area (Å²) in [7, 11) is 0. The number of carbonyl (C=O) groups excluding carboxylic acids is 1. The second-order valence-corrected chi connectivity index (χ2v) is 6.37. The average molecular weight is 283 g/mol. The van der Waals surface area contributed by atoms with Crippen LogP contribution in [0.25, 0.3) is 0 Å². The van der Waals surface area contributed by atoms with Gasteiger partial charge in [0.05, 0.1) is 4.88 Å². The van der Waals surface area contributed by atoms with Gasteiger partial charge in [0.1, 0.15) is 0 Å². The number of carbonyl (C=O) groups is 1. The summed E-state index contributed by atoms with van der Waals surface area (Å²) in [6.45, 7) is 9.01. The van der Waals surface area contributed by atoms with E-state index in [0.29, 0.717) is 13.0 Å². The SMILES string of the molecule is CCCc1cc(C(=O)N(CCCO)C(C)C)sc1C. The number of rotatable bonds is 7. The number of hydrogen-bond acceptors (Lipinski definition) is 3. The summed E-state index contributed by atoms with van der Waals surface area (Å²) in [6.07, 6.45) is 2.77. The third kappa shape index (κ3) is 4.32. The molecule has 1 aromatic rings. The lowest BCUT2D eigenvalue weighted by molar-refractivity contribution is 0.0698. The summed E-state index contributed by atoms with van der Waals surface area (Å²) in [5.74, 6) is 0.0962. The fraction of sp³-hybridized carbons (Fsp3) is 0.667. The molecule has 1 heterocycles. The number of aryl methyl sites for hydroxylation is 2. The molecule has 0 aromatic carbocycles. The minimum Gasteiger partial charge on any atom is -0.396 e. The van der Waals surface area contributed by atoms with Crippen LogP contribution in [0.1, 0.15) is 53.7 Å². The van der Waals surface area contributed by atoms with E-state index in [4.69, 9.17) is 5.11 Å². The first-order valence-electron chi connectivity index (χ1n) is 7.02. The van der Waals surface area contributed by atoms with Crippen LogP contribution in [0.15, 0.2) is 6.07 Å². The molecule has 4 heteroatoms. The first kappa shape index (κ1) is 16.2. The van der Waals surface area contributed by atoms with Gasteiger partial charge >= 0.3 is 0 Å². The van der Waals surface area contributed by atoms with Crippen LogP contribution in [0.5, 0.6) is 0 Å². The number of nitrogens with zero attached hydrogens (tertiary/aromatic N) is 1. The van der Waals surface area contributed by atoms with Gasteiger partial charge in [-0.1, -0.05) is 13.3 Å². The van der Waals surface area contributed by atoms with Gasteiger partial charge in [0.2, 0.25) is 0 Å². The molecule has 1 amide bonds. The van der Waals surface area contributed by atoms with Crippen molar-refractivity contribution in [3.8, 4) is 0 Å². The van der Waals surface area contributed by atoms with Crippen LogP contribution >= 0.6 is 11.3 Å². The van der Waals surface area contributed by atoms with Gasteiger partial charge in [-0.15, -0.1) is 11.3 Å². The number of hydrogen-bond donors (Lipinski definition) is 1. The quantitative estimate of drug-likeness (QED) is 0.834. The Bertz CT molecular complexity index is 412. The van der Waals surface area contributed by atoms with Crippen LogP contribution in [0.2, 0.25) is 0 Å². The van der Waals surface area contributed by atoms with Gasteiger partial charge in [0.15, 0.2) is 0 Å². The van der Waals surface area contributed by atoms with Crippen LogP contribution in [0.4, 0.5) is 0 Å². The molecular formula is C15H25NO2S. The highest BCUT2D eigenvalue weighted by Crippen LogP contribution is 2.24. The minimum absolute atomic E-state index is 0.0962. The molecule has 0 saturated heterocycles. The Kier molecular flexibility index (Phi) is 6.52. The third-order valence-electron chi connectivity index (χ3n) is 3.19. The molecule has 0 radical (unpaired) electrons. The highest BCUT2D eigenvalue weighted by atomic mass is 32.1. The molecule has 0 aliphatic heterocycles. The first-order chi connectivity index (χ1) is 9.01. The van der Waals surface area contributed by atoms with Crippen molar-refractivity contribution in [2.75, 3.05) is 13.2 Å². The number of amides is 1. The fourth-order valence-corrected chi connectivity index (χ4v) is 3.15. The second-order valence-electron chi connectivity index (χ2n) is 5.11. The van der Waals surface area contributed by atoms with Gasteiger partial charge in [0, 0.05) is 24.1 Å². The largest absolute Gasteiger partial charge is 0.396 e. The number of aliphatic hydroxyl groups excluding tert-OH is 1. The van der Waals surface area contributed by atoms with E-state index in [1.807, 2.05) is 24.8 Å². The zero-order valence-electron chi connectivity index (χ0n) is 12.4. The monoisotopic (exact) mass is 283 g/mol. The standard InChI is InChI=1S/C15H25NO2S/c1-5-7-13-10-14(19-12(13)4)15(18)16(11(2)3)8-6-9-17/h10-11,17H,5-9H2,1-4H3. The first-order valence-corrected chi connectivity index (χ1v) is 7.84. The summed E-state index contributed by atoms with van der Waals surface area (Å²) in [6, 6.07) is 2.20. The molecule has 3 nitrogen and oxygen atoms in total. The lowest BCUT2D eigenvalue weighted by Gasteiger charge is -2.26. The molecule has 0 spiro atoms. The summed E-state index contributed by atoms with van der Waals surface area (Å²) in [5, 5.41) is 8.93. The topological polar surface area (TPSA) is 40.5 Å². The van der Waals surface area contributed by atoms with Crippen molar-refractivity contribution < 1.29 is 9.90 Å². The summed E-state index contributed by atoms with van der Waals surface area (Å²) in [4.78, 5) is 16.4. The lowest BCUT2D eigenvalue weighted by Crippen LogP contribution is -2.37. The van der Waals surface area contributed by atoms with E-state index in [0.717, 1.165) is 17.7 Å². The third-order valence-corrected chi connectivity index (χ3v) is 4.27. The van der Waals surface area contributed by atoms with Gasteiger partial charge in [-0.3, -0.25) is 4.79 Å². The van der Waals surface area contributed by atoms with Crippen molar-refractivity contribution in [1.82, 2.24) is 4.90 Å².